The van der Waals surface area contributed by atoms with Crippen molar-refractivity contribution in [3.8, 4) is 11.5 Å². The second-order valence-corrected chi connectivity index (χ2v) is 4.72. The van der Waals surface area contributed by atoms with E-state index in [-0.39, 0.29) is 18.0 Å². The largest absolute Gasteiger partial charge is 0.493 e. The molecule has 0 radical (unpaired) electrons. The molecule has 0 bridgehead atoms. The predicted molar refractivity (Wildman–Crippen MR) is 85.0 cm³/mol. The zero-order valence-electron chi connectivity index (χ0n) is 12.7. The third kappa shape index (κ3) is 4.19. The highest BCUT2D eigenvalue weighted by atomic mass is 16.6. The quantitative estimate of drug-likeness (QED) is 0.653. The highest BCUT2D eigenvalue weighted by Crippen LogP contribution is 2.29. The number of nitrogens with one attached hydrogen (secondary N) is 1. The Morgan fingerprint density at radius 3 is 2.52 bits per heavy atom. The van der Waals surface area contributed by atoms with E-state index < -0.39 is 4.92 Å². The average Bonchev–Trinajstić information content (AvgIpc) is 2.54. The van der Waals surface area contributed by atoms with Crippen molar-refractivity contribution >= 4 is 17.3 Å². The summed E-state index contributed by atoms with van der Waals surface area (Å²) in [6.45, 7) is 0. The molecule has 0 atom stereocenters. The number of nitro benzene ring substituents is 1. The van der Waals surface area contributed by atoms with Crippen LogP contribution in [0.5, 0.6) is 11.5 Å². The molecule has 0 aliphatic carbocycles. The number of hydrogen-bond donors (Lipinski definition) is 1. The van der Waals surface area contributed by atoms with E-state index in [9.17, 15) is 14.9 Å². The molecule has 0 aromatic heterocycles. The molecule has 0 unspecified atom stereocenters. The Morgan fingerprint density at radius 1 is 1.13 bits per heavy atom. The Morgan fingerprint density at radius 2 is 1.87 bits per heavy atom. The molecular formula is C16H16N2O5. The third-order valence-electron chi connectivity index (χ3n) is 3.15. The van der Waals surface area contributed by atoms with Gasteiger partial charge in [-0.3, -0.25) is 14.9 Å². The standard InChI is InChI=1S/C16H16N2O5/c1-22-14-7-6-12(10-15(14)23-2)17-16(19)9-11-4-3-5-13(8-11)18(20)21/h3-8,10H,9H2,1-2H3,(H,17,19). The van der Waals surface area contributed by atoms with Crippen LogP contribution in [-0.2, 0) is 11.2 Å². The van der Waals surface area contributed by atoms with Gasteiger partial charge in [0.1, 0.15) is 0 Å². The topological polar surface area (TPSA) is 90.7 Å². The van der Waals surface area contributed by atoms with E-state index in [2.05, 4.69) is 5.32 Å². The number of nitro groups is 1. The summed E-state index contributed by atoms with van der Waals surface area (Å²) in [5, 5.41) is 13.5. The molecule has 2 aromatic rings. The number of benzene rings is 2. The summed E-state index contributed by atoms with van der Waals surface area (Å²) >= 11 is 0. The molecule has 0 heterocycles. The zero-order chi connectivity index (χ0) is 16.8. The van der Waals surface area contributed by atoms with Gasteiger partial charge >= 0.3 is 0 Å². The minimum absolute atomic E-state index is 0.0377. The van der Waals surface area contributed by atoms with Crippen molar-refractivity contribution in [3.63, 3.8) is 0 Å². The second kappa shape index (κ2) is 7.26. The first-order valence-corrected chi connectivity index (χ1v) is 6.78. The van der Waals surface area contributed by atoms with Crippen molar-refractivity contribution in [1.82, 2.24) is 0 Å². The molecule has 2 rings (SSSR count). The van der Waals surface area contributed by atoms with Crippen LogP contribution in [0.3, 0.4) is 0 Å². The number of hydrogen-bond acceptors (Lipinski definition) is 5. The first kappa shape index (κ1) is 16.3. The maximum Gasteiger partial charge on any atom is 0.269 e. The number of carbonyl (C=O) groups excluding carboxylic acids is 1. The lowest BCUT2D eigenvalue weighted by atomic mass is 10.1. The second-order valence-electron chi connectivity index (χ2n) is 4.72. The van der Waals surface area contributed by atoms with E-state index in [4.69, 9.17) is 9.47 Å². The number of anilines is 1. The van der Waals surface area contributed by atoms with E-state index in [1.807, 2.05) is 0 Å². The Balaban J connectivity index is 2.08. The molecule has 1 N–H and O–H groups in total. The summed E-state index contributed by atoms with van der Waals surface area (Å²) in [6.07, 6.45) is 0.0377. The lowest BCUT2D eigenvalue weighted by Crippen LogP contribution is -2.14. The molecule has 0 spiro atoms. The number of carbonyl (C=O) groups is 1. The van der Waals surface area contributed by atoms with Gasteiger partial charge in [0.2, 0.25) is 5.91 Å². The third-order valence-corrected chi connectivity index (χ3v) is 3.15. The molecule has 0 saturated carbocycles. The van der Waals surface area contributed by atoms with Gasteiger partial charge in [0.25, 0.3) is 5.69 Å². The van der Waals surface area contributed by atoms with E-state index >= 15 is 0 Å². The van der Waals surface area contributed by atoms with Crippen molar-refractivity contribution in [2.45, 2.75) is 6.42 Å². The molecular weight excluding hydrogens is 300 g/mol. The maximum absolute atomic E-state index is 12.1. The van der Waals surface area contributed by atoms with Crippen LogP contribution < -0.4 is 14.8 Å². The minimum Gasteiger partial charge on any atom is -0.493 e. The zero-order valence-corrected chi connectivity index (χ0v) is 12.7. The van der Waals surface area contributed by atoms with E-state index in [0.717, 1.165) is 0 Å². The number of non-ortho nitro benzene ring substituents is 1. The Labute approximate surface area is 133 Å². The molecule has 1 amide bonds. The van der Waals surface area contributed by atoms with Crippen LogP contribution in [0.25, 0.3) is 0 Å². The summed E-state index contributed by atoms with van der Waals surface area (Å²) in [7, 11) is 3.03. The molecule has 0 saturated heterocycles. The molecule has 23 heavy (non-hydrogen) atoms. The summed E-state index contributed by atoms with van der Waals surface area (Å²) < 4.78 is 10.3. The van der Waals surface area contributed by atoms with Gasteiger partial charge in [-0.1, -0.05) is 12.1 Å². The first-order valence-electron chi connectivity index (χ1n) is 6.78. The number of nitrogens with zero attached hydrogens (tertiary/aromatic N) is 1. The van der Waals surface area contributed by atoms with Gasteiger partial charge in [-0.15, -0.1) is 0 Å². The van der Waals surface area contributed by atoms with Gasteiger partial charge in [0.15, 0.2) is 11.5 Å². The van der Waals surface area contributed by atoms with Crippen molar-refractivity contribution in [2.75, 3.05) is 19.5 Å². The smallest absolute Gasteiger partial charge is 0.269 e. The van der Waals surface area contributed by atoms with Crippen LogP contribution in [-0.4, -0.2) is 25.1 Å². The molecule has 2 aromatic carbocycles. The Bertz CT molecular complexity index is 730. The summed E-state index contributed by atoms with van der Waals surface area (Å²) in [5.74, 6) is 0.780. The van der Waals surface area contributed by atoms with Crippen LogP contribution in [0, 0.1) is 10.1 Å². The summed E-state index contributed by atoms with van der Waals surface area (Å²) in [6, 6.07) is 11.0. The number of amides is 1. The normalized spacial score (nSPS) is 10.0. The highest BCUT2D eigenvalue weighted by Gasteiger charge is 2.11. The van der Waals surface area contributed by atoms with Crippen LogP contribution in [0.15, 0.2) is 42.5 Å². The SMILES string of the molecule is COc1ccc(NC(=O)Cc2cccc([N+](=O)[O-])c2)cc1OC. The number of rotatable bonds is 6. The van der Waals surface area contributed by atoms with E-state index in [0.29, 0.717) is 22.7 Å². The minimum atomic E-state index is -0.490. The number of ether oxygens (including phenoxy) is 2. The highest BCUT2D eigenvalue weighted by molar-refractivity contribution is 5.92. The van der Waals surface area contributed by atoms with Crippen LogP contribution in [0.1, 0.15) is 5.56 Å². The van der Waals surface area contributed by atoms with Gasteiger partial charge in [0, 0.05) is 23.9 Å². The summed E-state index contributed by atoms with van der Waals surface area (Å²) in [5.41, 5.74) is 1.08. The van der Waals surface area contributed by atoms with Gasteiger partial charge < -0.3 is 14.8 Å². The fourth-order valence-corrected chi connectivity index (χ4v) is 2.08. The summed E-state index contributed by atoms with van der Waals surface area (Å²) in [4.78, 5) is 22.3. The van der Waals surface area contributed by atoms with Gasteiger partial charge in [-0.25, -0.2) is 0 Å². The van der Waals surface area contributed by atoms with E-state index in [1.54, 1.807) is 30.3 Å². The molecule has 0 fully saturated rings. The van der Waals surface area contributed by atoms with Gasteiger partial charge in [-0.2, -0.15) is 0 Å². The predicted octanol–water partition coefficient (Wildman–Crippen LogP) is 2.79. The van der Waals surface area contributed by atoms with Crippen molar-refractivity contribution < 1.29 is 19.2 Å². The molecule has 7 heteroatoms. The fourth-order valence-electron chi connectivity index (χ4n) is 2.08. The molecule has 0 aliphatic heterocycles. The van der Waals surface area contributed by atoms with Crippen molar-refractivity contribution in [1.29, 1.82) is 0 Å². The van der Waals surface area contributed by atoms with Crippen molar-refractivity contribution in [2.24, 2.45) is 0 Å². The Kier molecular flexibility index (Phi) is 5.14. The lowest BCUT2D eigenvalue weighted by molar-refractivity contribution is -0.384. The fraction of sp³-hybridized carbons (Fsp3) is 0.188. The van der Waals surface area contributed by atoms with Crippen LogP contribution in [0.2, 0.25) is 0 Å². The molecule has 120 valence electrons. The van der Waals surface area contributed by atoms with E-state index in [1.165, 1.54) is 26.4 Å². The van der Waals surface area contributed by atoms with Gasteiger partial charge in [0.05, 0.1) is 25.6 Å². The van der Waals surface area contributed by atoms with Crippen LogP contribution in [0.4, 0.5) is 11.4 Å². The molecule has 7 nitrogen and oxygen atoms in total. The van der Waals surface area contributed by atoms with Gasteiger partial charge in [-0.05, 0) is 17.7 Å². The monoisotopic (exact) mass is 316 g/mol. The maximum atomic E-state index is 12.1. The lowest BCUT2D eigenvalue weighted by Gasteiger charge is -2.10. The first-order chi connectivity index (χ1) is 11.0. The molecule has 0 aliphatic rings. The Hall–Kier alpha value is -3.09. The van der Waals surface area contributed by atoms with Crippen molar-refractivity contribution in [3.05, 3.63) is 58.1 Å². The van der Waals surface area contributed by atoms with Crippen LogP contribution >= 0.6 is 0 Å². The average molecular weight is 316 g/mol. The number of methoxy groups -OCH3 is 2.